The van der Waals surface area contributed by atoms with Crippen LogP contribution in [-0.4, -0.2) is 41.4 Å². The highest BCUT2D eigenvalue weighted by atomic mass is 16.6. The van der Waals surface area contributed by atoms with Crippen LogP contribution in [0.25, 0.3) is 0 Å². The lowest BCUT2D eigenvalue weighted by Gasteiger charge is -2.21. The van der Waals surface area contributed by atoms with Gasteiger partial charge in [-0.2, -0.15) is 0 Å². The molecule has 0 aliphatic carbocycles. The van der Waals surface area contributed by atoms with E-state index in [0.717, 1.165) is 6.29 Å². The van der Waals surface area contributed by atoms with Crippen molar-refractivity contribution < 1.29 is 14.3 Å². The van der Waals surface area contributed by atoms with Crippen LogP contribution in [0.15, 0.2) is 12.2 Å². The molecule has 1 aliphatic rings. The Bertz CT molecular complexity index is 374. The zero-order chi connectivity index (χ0) is 14.8. The molecule has 0 spiro atoms. The minimum Gasteiger partial charge on any atom is -0.459 e. The van der Waals surface area contributed by atoms with Crippen molar-refractivity contribution in [3.8, 4) is 0 Å². The van der Waals surface area contributed by atoms with E-state index < -0.39 is 5.60 Å². The number of carbonyl (C=O) groups excluding carboxylic acids is 2. The molecule has 1 aliphatic heterocycles. The van der Waals surface area contributed by atoms with Gasteiger partial charge in [0.25, 0.3) is 0 Å². The smallest absolute Gasteiger partial charge is 0.320 e. The molecule has 3 atom stereocenters. The molecule has 1 rings (SSSR count). The fourth-order valence-electron chi connectivity index (χ4n) is 2.41. The molecule has 0 amide bonds. The highest BCUT2D eigenvalue weighted by Crippen LogP contribution is 2.42. The predicted octanol–water partition coefficient (Wildman–Crippen LogP) is 2.18. The molecule has 4 nitrogen and oxygen atoms in total. The van der Waals surface area contributed by atoms with Gasteiger partial charge in [-0.25, -0.2) is 0 Å². The first-order chi connectivity index (χ1) is 8.56. The first kappa shape index (κ1) is 15.9. The van der Waals surface area contributed by atoms with Crippen LogP contribution in [0.5, 0.6) is 0 Å². The maximum absolute atomic E-state index is 11.8. The molecule has 0 N–H and O–H groups in total. The molecule has 1 fully saturated rings. The number of nitrogens with zero attached hydrogens (tertiary/aromatic N) is 1. The Morgan fingerprint density at radius 2 is 1.79 bits per heavy atom. The first-order valence-electron chi connectivity index (χ1n) is 6.66. The SMILES string of the molecule is CC(C)(C)OC(=O)CN1[C@H](/C=C\C=O)[C@H]1C(C)(C)C. The quantitative estimate of drug-likeness (QED) is 0.339. The third-order valence-corrected chi connectivity index (χ3v) is 2.98. The maximum atomic E-state index is 11.8. The van der Waals surface area contributed by atoms with Crippen LogP contribution in [0.1, 0.15) is 41.5 Å². The van der Waals surface area contributed by atoms with E-state index in [1.807, 2.05) is 26.8 Å². The number of carbonyl (C=O) groups is 2. The third kappa shape index (κ3) is 4.78. The molecule has 1 heterocycles. The van der Waals surface area contributed by atoms with Crippen molar-refractivity contribution >= 4 is 12.3 Å². The molecular weight excluding hydrogens is 242 g/mol. The van der Waals surface area contributed by atoms with Crippen molar-refractivity contribution in [2.45, 2.75) is 59.2 Å². The lowest BCUT2D eigenvalue weighted by Crippen LogP contribution is -2.30. The van der Waals surface area contributed by atoms with Gasteiger partial charge in [-0.1, -0.05) is 26.8 Å². The fraction of sp³-hybridized carbons (Fsp3) is 0.733. The zero-order valence-electron chi connectivity index (χ0n) is 12.8. The van der Waals surface area contributed by atoms with E-state index in [1.165, 1.54) is 6.08 Å². The van der Waals surface area contributed by atoms with E-state index in [0.29, 0.717) is 0 Å². The maximum Gasteiger partial charge on any atom is 0.320 e. The summed E-state index contributed by atoms with van der Waals surface area (Å²) in [6, 6.07) is 0.425. The van der Waals surface area contributed by atoms with Crippen LogP contribution >= 0.6 is 0 Å². The summed E-state index contributed by atoms with van der Waals surface area (Å²) in [6.45, 7) is 12.2. The van der Waals surface area contributed by atoms with Gasteiger partial charge < -0.3 is 4.74 Å². The van der Waals surface area contributed by atoms with Crippen LogP contribution in [0, 0.1) is 5.41 Å². The minimum atomic E-state index is -0.460. The molecular formula is C15H25NO3. The summed E-state index contributed by atoms with van der Waals surface area (Å²) in [4.78, 5) is 24.3. The van der Waals surface area contributed by atoms with Gasteiger partial charge in [-0.15, -0.1) is 0 Å². The van der Waals surface area contributed by atoms with Crippen LogP contribution in [0.2, 0.25) is 0 Å². The van der Waals surface area contributed by atoms with Crippen LogP contribution in [0.4, 0.5) is 0 Å². The number of hydrogen-bond donors (Lipinski definition) is 0. The van der Waals surface area contributed by atoms with Crippen LogP contribution in [0.3, 0.4) is 0 Å². The summed E-state index contributed by atoms with van der Waals surface area (Å²) in [5.74, 6) is -0.219. The van der Waals surface area contributed by atoms with Crippen molar-refractivity contribution in [1.82, 2.24) is 4.90 Å². The summed E-state index contributed by atoms with van der Waals surface area (Å²) in [6.07, 6.45) is 4.12. The van der Waals surface area contributed by atoms with E-state index >= 15 is 0 Å². The molecule has 0 aromatic heterocycles. The number of hydrogen-bond acceptors (Lipinski definition) is 4. The van der Waals surface area contributed by atoms with Gasteiger partial charge in [-0.3, -0.25) is 14.5 Å². The van der Waals surface area contributed by atoms with Crippen molar-refractivity contribution in [3.63, 3.8) is 0 Å². The highest BCUT2D eigenvalue weighted by Gasteiger charge is 2.53. The Morgan fingerprint density at radius 3 is 2.21 bits per heavy atom. The highest BCUT2D eigenvalue weighted by molar-refractivity contribution is 5.73. The van der Waals surface area contributed by atoms with Gasteiger partial charge in [0.05, 0.1) is 6.54 Å². The molecule has 0 aromatic rings. The fourth-order valence-corrected chi connectivity index (χ4v) is 2.41. The van der Waals surface area contributed by atoms with E-state index in [-0.39, 0.29) is 30.0 Å². The van der Waals surface area contributed by atoms with E-state index in [1.54, 1.807) is 0 Å². The lowest BCUT2D eigenvalue weighted by molar-refractivity contribution is -0.155. The Kier molecular flexibility index (Phi) is 4.56. The normalized spacial score (nSPS) is 27.4. The first-order valence-corrected chi connectivity index (χ1v) is 6.66. The summed E-state index contributed by atoms with van der Waals surface area (Å²) >= 11 is 0. The number of allylic oxidation sites excluding steroid dienone is 1. The number of rotatable bonds is 4. The molecule has 0 bridgehead atoms. The molecule has 108 valence electrons. The molecule has 4 heteroatoms. The van der Waals surface area contributed by atoms with E-state index in [2.05, 4.69) is 25.7 Å². The second-order valence-corrected chi connectivity index (χ2v) is 7.08. The van der Waals surface area contributed by atoms with Crippen molar-refractivity contribution in [2.24, 2.45) is 5.41 Å². The molecule has 0 saturated carbocycles. The third-order valence-electron chi connectivity index (χ3n) is 2.98. The number of esters is 1. The molecule has 19 heavy (non-hydrogen) atoms. The molecule has 0 aromatic carbocycles. The largest absolute Gasteiger partial charge is 0.459 e. The van der Waals surface area contributed by atoms with Gasteiger partial charge in [0, 0.05) is 12.1 Å². The number of ether oxygens (including phenoxy) is 1. The van der Waals surface area contributed by atoms with Crippen molar-refractivity contribution in [1.29, 1.82) is 0 Å². The summed E-state index contributed by atoms with van der Waals surface area (Å²) in [7, 11) is 0. The summed E-state index contributed by atoms with van der Waals surface area (Å²) in [5, 5.41) is 0. The Morgan fingerprint density at radius 1 is 1.21 bits per heavy atom. The Hall–Kier alpha value is -1.16. The van der Waals surface area contributed by atoms with Crippen LogP contribution < -0.4 is 0 Å². The summed E-state index contributed by atoms with van der Waals surface area (Å²) in [5.41, 5.74) is -0.391. The monoisotopic (exact) mass is 267 g/mol. The van der Waals surface area contributed by atoms with Gasteiger partial charge >= 0.3 is 5.97 Å². The summed E-state index contributed by atoms with van der Waals surface area (Å²) < 4.78 is 5.33. The average Bonchev–Trinajstić information content (AvgIpc) is 2.84. The van der Waals surface area contributed by atoms with E-state index in [4.69, 9.17) is 4.74 Å². The van der Waals surface area contributed by atoms with Gasteiger partial charge in [0.2, 0.25) is 0 Å². The van der Waals surface area contributed by atoms with Gasteiger partial charge in [-0.05, 0) is 32.3 Å². The van der Waals surface area contributed by atoms with Gasteiger partial charge in [0.15, 0.2) is 0 Å². The molecule has 0 radical (unpaired) electrons. The molecule has 1 saturated heterocycles. The topological polar surface area (TPSA) is 46.4 Å². The second kappa shape index (κ2) is 5.45. The van der Waals surface area contributed by atoms with Crippen molar-refractivity contribution in [3.05, 3.63) is 12.2 Å². The molecule has 1 unspecified atom stereocenters. The lowest BCUT2D eigenvalue weighted by atomic mass is 9.90. The Labute approximate surface area is 115 Å². The standard InChI is InChI=1S/C15H25NO3/c1-14(2,3)13-11(8-7-9-17)16(13)10-12(18)19-15(4,5)6/h7-9,11,13H,10H2,1-6H3/b8-7-/t11-,13+,16?/m1/s1. The van der Waals surface area contributed by atoms with Crippen LogP contribution in [-0.2, 0) is 14.3 Å². The van der Waals surface area contributed by atoms with Gasteiger partial charge in [0.1, 0.15) is 11.9 Å². The average molecular weight is 267 g/mol. The zero-order valence-corrected chi connectivity index (χ0v) is 12.8. The van der Waals surface area contributed by atoms with E-state index in [9.17, 15) is 9.59 Å². The van der Waals surface area contributed by atoms with Crippen molar-refractivity contribution in [2.75, 3.05) is 6.54 Å². The number of aldehydes is 1. The predicted molar refractivity (Wildman–Crippen MR) is 74.8 cm³/mol. The second-order valence-electron chi connectivity index (χ2n) is 7.08. The minimum absolute atomic E-state index is 0.0693. The Balaban J connectivity index is 2.64.